The molecule has 1 spiro atoms. The zero-order valence-corrected chi connectivity index (χ0v) is 14.3. The zero-order valence-electron chi connectivity index (χ0n) is 14.3. The van der Waals surface area contributed by atoms with E-state index in [1.807, 2.05) is 0 Å². The van der Waals surface area contributed by atoms with E-state index in [2.05, 4.69) is 0 Å². The molecule has 6 atom stereocenters. The minimum atomic E-state index is -0.641. The summed E-state index contributed by atoms with van der Waals surface area (Å²) < 4.78 is 17.7. The van der Waals surface area contributed by atoms with Crippen molar-refractivity contribution >= 4 is 11.8 Å². The summed E-state index contributed by atoms with van der Waals surface area (Å²) in [4.78, 5) is 26.0. The minimum absolute atomic E-state index is 0.113. The SMILES string of the molecule is COC(=O)[C@@]12C[C@H]3OC4(CCCCC4)O[C@H]3C(=O)[C@@H]1[C@H]1CCC[C@H]12. The van der Waals surface area contributed by atoms with Crippen molar-refractivity contribution in [1.29, 1.82) is 0 Å². The summed E-state index contributed by atoms with van der Waals surface area (Å²) in [6.45, 7) is 0. The van der Waals surface area contributed by atoms with Gasteiger partial charge in [0.15, 0.2) is 11.6 Å². The van der Waals surface area contributed by atoms with Crippen LogP contribution in [0.2, 0.25) is 0 Å². The highest BCUT2D eigenvalue weighted by molar-refractivity contribution is 5.96. The first-order chi connectivity index (χ1) is 11.6. The van der Waals surface area contributed by atoms with Gasteiger partial charge in [0.25, 0.3) is 0 Å². The second kappa shape index (κ2) is 5.04. The Morgan fingerprint density at radius 1 is 1.12 bits per heavy atom. The van der Waals surface area contributed by atoms with Gasteiger partial charge < -0.3 is 14.2 Å². The van der Waals surface area contributed by atoms with Gasteiger partial charge in [0.2, 0.25) is 0 Å². The van der Waals surface area contributed by atoms with Gasteiger partial charge in [-0.05, 0) is 43.9 Å². The Kier molecular flexibility index (Phi) is 3.22. The molecule has 0 bridgehead atoms. The zero-order chi connectivity index (χ0) is 16.5. The highest BCUT2D eigenvalue weighted by Gasteiger charge is 2.75. The van der Waals surface area contributed by atoms with E-state index in [0.29, 0.717) is 18.3 Å². The average molecular weight is 334 g/mol. The maximum Gasteiger partial charge on any atom is 0.312 e. The van der Waals surface area contributed by atoms with Crippen LogP contribution in [-0.4, -0.2) is 36.9 Å². The maximum atomic E-state index is 13.2. The van der Waals surface area contributed by atoms with Crippen LogP contribution in [0, 0.1) is 23.2 Å². The second-order valence-electron chi connectivity index (χ2n) is 8.48. The Balaban J connectivity index is 1.49. The molecule has 5 rings (SSSR count). The molecule has 0 radical (unpaired) electrons. The van der Waals surface area contributed by atoms with Crippen LogP contribution in [0.5, 0.6) is 0 Å². The smallest absolute Gasteiger partial charge is 0.312 e. The molecule has 4 saturated carbocycles. The second-order valence-corrected chi connectivity index (χ2v) is 8.48. The number of ether oxygens (including phenoxy) is 3. The van der Waals surface area contributed by atoms with Crippen LogP contribution >= 0.6 is 0 Å². The highest BCUT2D eigenvalue weighted by Crippen LogP contribution is 2.69. The summed E-state index contributed by atoms with van der Waals surface area (Å²) in [7, 11) is 1.45. The number of hydrogen-bond donors (Lipinski definition) is 0. The molecule has 0 aromatic rings. The fraction of sp³-hybridized carbons (Fsp3) is 0.895. The molecule has 24 heavy (non-hydrogen) atoms. The van der Waals surface area contributed by atoms with E-state index in [0.717, 1.165) is 44.9 Å². The quantitative estimate of drug-likeness (QED) is 0.690. The van der Waals surface area contributed by atoms with E-state index in [9.17, 15) is 9.59 Å². The van der Waals surface area contributed by atoms with Crippen LogP contribution in [0.1, 0.15) is 57.8 Å². The number of methoxy groups -OCH3 is 1. The topological polar surface area (TPSA) is 61.8 Å². The van der Waals surface area contributed by atoms with E-state index in [-0.39, 0.29) is 23.8 Å². The molecule has 4 aliphatic carbocycles. The van der Waals surface area contributed by atoms with Crippen LogP contribution in [0.4, 0.5) is 0 Å². The van der Waals surface area contributed by atoms with E-state index in [1.54, 1.807) is 0 Å². The van der Waals surface area contributed by atoms with E-state index < -0.39 is 17.3 Å². The van der Waals surface area contributed by atoms with Crippen molar-refractivity contribution in [2.75, 3.05) is 7.11 Å². The summed E-state index contributed by atoms with van der Waals surface area (Å²) >= 11 is 0. The molecule has 5 fully saturated rings. The summed E-state index contributed by atoms with van der Waals surface area (Å²) in [5.74, 6) is -0.214. The van der Waals surface area contributed by atoms with Crippen molar-refractivity contribution in [2.45, 2.75) is 75.8 Å². The molecular formula is C19H26O5. The monoisotopic (exact) mass is 334 g/mol. The highest BCUT2D eigenvalue weighted by atomic mass is 16.8. The van der Waals surface area contributed by atoms with E-state index in [4.69, 9.17) is 14.2 Å². The van der Waals surface area contributed by atoms with Gasteiger partial charge in [-0.25, -0.2) is 0 Å². The Morgan fingerprint density at radius 2 is 1.92 bits per heavy atom. The molecule has 0 aromatic carbocycles. The first-order valence-electron chi connectivity index (χ1n) is 9.59. The molecule has 5 nitrogen and oxygen atoms in total. The standard InChI is InChI=1S/C19H26O5/c1-22-17(21)19-10-13-16(24-18(23-13)8-3-2-4-9-18)15(20)14(19)11-6-5-7-12(11)19/h11-14,16H,2-10H2,1H3/t11-,12+,13+,14-,16+,19+/m0/s1. The number of Topliss-reactive ketones (excluding diaryl/α,β-unsaturated/α-hetero) is 1. The van der Waals surface area contributed by atoms with Crippen LogP contribution < -0.4 is 0 Å². The van der Waals surface area contributed by atoms with Crippen LogP contribution in [-0.2, 0) is 23.8 Å². The summed E-state index contributed by atoms with van der Waals surface area (Å²) in [6.07, 6.45) is 8.19. The summed E-state index contributed by atoms with van der Waals surface area (Å²) in [5, 5.41) is 0. The summed E-state index contributed by atoms with van der Waals surface area (Å²) in [5.41, 5.74) is -0.641. The molecule has 0 amide bonds. The number of fused-ring (bicyclic) bond motifs is 5. The van der Waals surface area contributed by atoms with E-state index >= 15 is 0 Å². The van der Waals surface area contributed by atoms with Gasteiger partial charge in [-0.3, -0.25) is 9.59 Å². The molecule has 1 saturated heterocycles. The molecule has 1 heterocycles. The lowest BCUT2D eigenvalue weighted by molar-refractivity contribution is -0.207. The number of hydrogen-bond acceptors (Lipinski definition) is 5. The molecule has 0 N–H and O–H groups in total. The predicted octanol–water partition coefficient (Wildman–Crippen LogP) is 2.61. The van der Waals surface area contributed by atoms with Crippen molar-refractivity contribution in [3.63, 3.8) is 0 Å². The lowest BCUT2D eigenvalue weighted by atomic mass is 9.42. The molecule has 0 unspecified atom stereocenters. The molecule has 5 heteroatoms. The number of esters is 1. The number of carbonyl (C=O) groups is 2. The number of rotatable bonds is 1. The van der Waals surface area contributed by atoms with Gasteiger partial charge >= 0.3 is 5.97 Å². The van der Waals surface area contributed by atoms with Crippen molar-refractivity contribution in [1.82, 2.24) is 0 Å². The van der Waals surface area contributed by atoms with Gasteiger partial charge in [-0.1, -0.05) is 12.8 Å². The average Bonchev–Trinajstić information content (AvgIpc) is 3.15. The first-order valence-corrected chi connectivity index (χ1v) is 9.59. The lowest BCUT2D eigenvalue weighted by Gasteiger charge is -2.60. The Hall–Kier alpha value is -0.940. The molecular weight excluding hydrogens is 308 g/mol. The Labute approximate surface area is 142 Å². The third-order valence-corrected chi connectivity index (χ3v) is 7.57. The molecule has 1 aliphatic heterocycles. The number of ketones is 1. The molecule has 5 aliphatic rings. The Bertz CT molecular complexity index is 580. The largest absolute Gasteiger partial charge is 0.469 e. The van der Waals surface area contributed by atoms with Gasteiger partial charge in [0.1, 0.15) is 6.10 Å². The number of carbonyl (C=O) groups excluding carboxylic acids is 2. The van der Waals surface area contributed by atoms with Crippen molar-refractivity contribution in [2.24, 2.45) is 23.2 Å². The van der Waals surface area contributed by atoms with Crippen molar-refractivity contribution < 1.29 is 23.8 Å². The predicted molar refractivity (Wildman–Crippen MR) is 84.0 cm³/mol. The van der Waals surface area contributed by atoms with E-state index in [1.165, 1.54) is 13.5 Å². The minimum Gasteiger partial charge on any atom is -0.469 e. The fourth-order valence-electron chi connectivity index (χ4n) is 6.72. The summed E-state index contributed by atoms with van der Waals surface area (Å²) in [6, 6.07) is 0. The van der Waals surface area contributed by atoms with Gasteiger partial charge in [-0.2, -0.15) is 0 Å². The van der Waals surface area contributed by atoms with Gasteiger partial charge in [0.05, 0.1) is 18.6 Å². The lowest BCUT2D eigenvalue weighted by Crippen LogP contribution is -2.68. The molecule has 132 valence electrons. The van der Waals surface area contributed by atoms with Crippen molar-refractivity contribution in [3.8, 4) is 0 Å². The van der Waals surface area contributed by atoms with Crippen LogP contribution in [0.3, 0.4) is 0 Å². The van der Waals surface area contributed by atoms with Gasteiger partial charge in [0, 0.05) is 18.8 Å². The third-order valence-electron chi connectivity index (χ3n) is 7.57. The van der Waals surface area contributed by atoms with Crippen LogP contribution in [0.25, 0.3) is 0 Å². The molecule has 0 aromatic heterocycles. The Morgan fingerprint density at radius 3 is 2.67 bits per heavy atom. The van der Waals surface area contributed by atoms with Crippen molar-refractivity contribution in [3.05, 3.63) is 0 Å². The normalized spacial score (nSPS) is 48.4. The van der Waals surface area contributed by atoms with Gasteiger partial charge in [-0.15, -0.1) is 0 Å². The fourth-order valence-corrected chi connectivity index (χ4v) is 6.72. The third kappa shape index (κ3) is 1.73. The van der Waals surface area contributed by atoms with Crippen LogP contribution in [0.15, 0.2) is 0 Å². The maximum absolute atomic E-state index is 13.2. The first kappa shape index (κ1) is 15.3.